The van der Waals surface area contributed by atoms with Gasteiger partial charge in [0.05, 0.1) is 83.6 Å². The van der Waals surface area contributed by atoms with Gasteiger partial charge in [-0.05, 0) is 135 Å². The minimum absolute atomic E-state index is 0.911. The Balaban J connectivity index is 0.000000139. The van der Waals surface area contributed by atoms with Gasteiger partial charge in [-0.3, -0.25) is 24.9 Å². The van der Waals surface area contributed by atoms with Gasteiger partial charge >= 0.3 is 0 Å². The highest BCUT2D eigenvalue weighted by molar-refractivity contribution is 6.11. The molecule has 104 heavy (non-hydrogen) atoms. The summed E-state index contributed by atoms with van der Waals surface area (Å²) < 4.78 is 0. The molecule has 0 radical (unpaired) electrons. The Morgan fingerprint density at radius 2 is 0.481 bits per heavy atom. The highest BCUT2D eigenvalue weighted by atomic mass is 14.8. The third kappa shape index (κ3) is 10.7. The van der Waals surface area contributed by atoms with Crippen molar-refractivity contribution in [3.63, 3.8) is 0 Å². The Kier molecular flexibility index (Phi) is 14.3. The minimum atomic E-state index is 0.911. The number of nitrogens with zero attached hydrogens (tertiary/aromatic N) is 10. The molecule has 0 atom stereocenters. The molecule has 10 aromatic heterocycles. The standard InChI is InChI=1S/C49H29N5.C45H27N5/c1-2-10-38-37(9-1)39(21-22-40(38)43-25-20-34-15-14-33-8-5-27-51-48(33)49(34)54-43)42-23-18-30-12-16-35(28-45(30)52-42)36-17-13-31-19-24-44(53-46(31)29-36)41-11-3-6-32-7-4-26-50-47(32)41;1-5-32-6-2-22-46-43(32)37(8-1)40-21-19-31-15-17-34(27-42(31)50-40)33-16-14-30-18-20-39(49-41(30)26-33)29-12-10-28(11-13-29)38-25-35-7-3-23-47-44(35)45-36(38)9-4-24-48-45/h1-29H;1-27H. The van der Waals surface area contributed by atoms with Crippen molar-refractivity contribution in [1.82, 2.24) is 49.8 Å². The first-order chi connectivity index (χ1) is 51.5. The zero-order chi connectivity index (χ0) is 68.6. The van der Waals surface area contributed by atoms with Gasteiger partial charge in [-0.2, -0.15) is 0 Å². The van der Waals surface area contributed by atoms with Crippen LogP contribution in [0.5, 0.6) is 0 Å². The summed E-state index contributed by atoms with van der Waals surface area (Å²) in [7, 11) is 0. The molecule has 0 amide bonds. The van der Waals surface area contributed by atoms with Crippen LogP contribution in [0, 0.1) is 0 Å². The van der Waals surface area contributed by atoms with Crippen LogP contribution in [-0.4, -0.2) is 49.8 Å². The zero-order valence-electron chi connectivity index (χ0n) is 55.8. The normalized spacial score (nSPS) is 11.7. The van der Waals surface area contributed by atoms with Crippen LogP contribution in [0.15, 0.2) is 340 Å². The Morgan fingerprint density at radius 3 is 0.981 bits per heavy atom. The number of rotatable bonds is 8. The molecule has 21 aromatic rings. The molecule has 0 aliphatic rings. The van der Waals surface area contributed by atoms with Crippen molar-refractivity contribution in [3.05, 3.63) is 340 Å². The number of aromatic nitrogens is 10. The summed E-state index contributed by atoms with van der Waals surface area (Å²) in [6.07, 6.45) is 9.16. The zero-order valence-corrected chi connectivity index (χ0v) is 55.8. The molecule has 0 unspecified atom stereocenters. The second kappa shape index (κ2) is 24.9. The average molecular weight is 1330 g/mol. The van der Waals surface area contributed by atoms with Crippen molar-refractivity contribution >= 4 is 120 Å². The van der Waals surface area contributed by atoms with Crippen molar-refractivity contribution in [2.45, 2.75) is 0 Å². The van der Waals surface area contributed by atoms with Crippen LogP contribution in [0.2, 0.25) is 0 Å². The van der Waals surface area contributed by atoms with Crippen LogP contribution in [0.3, 0.4) is 0 Å². The molecule has 0 saturated carbocycles. The minimum Gasteiger partial charge on any atom is -0.256 e. The maximum absolute atomic E-state index is 5.26. The van der Waals surface area contributed by atoms with Crippen molar-refractivity contribution in [2.75, 3.05) is 0 Å². The number of para-hydroxylation sites is 2. The highest BCUT2D eigenvalue weighted by Crippen LogP contribution is 2.40. The van der Waals surface area contributed by atoms with Gasteiger partial charge in [-0.25, -0.2) is 24.9 Å². The lowest BCUT2D eigenvalue weighted by Gasteiger charge is -2.13. The summed E-state index contributed by atoms with van der Waals surface area (Å²) in [6.45, 7) is 0. The van der Waals surface area contributed by atoms with Crippen LogP contribution < -0.4 is 0 Å². The summed E-state index contributed by atoms with van der Waals surface area (Å²) in [5.74, 6) is 0. The molecule has 0 spiro atoms. The Labute approximate surface area is 596 Å². The molecular formula is C94H56N10. The molecule has 10 heterocycles. The van der Waals surface area contributed by atoms with E-state index in [0.29, 0.717) is 0 Å². The molecule has 0 N–H and O–H groups in total. The van der Waals surface area contributed by atoms with Gasteiger partial charge in [0.1, 0.15) is 0 Å². The monoisotopic (exact) mass is 1320 g/mol. The van der Waals surface area contributed by atoms with E-state index in [0.717, 1.165) is 209 Å². The average Bonchev–Trinajstić information content (AvgIpc) is 0.767. The second-order valence-electron chi connectivity index (χ2n) is 26.3. The summed E-state index contributed by atoms with van der Waals surface area (Å²) in [5, 5.41) is 13.2. The SMILES string of the molecule is c1cnc2c(-c3ccc4ccc(-c5ccc6ccc(-c7ccc(-c8cc9cccnc9c9ncccc89)cc7)nc6c5)cc4n3)cccc2c1.c1cnc2c(-c3ccc4ccc(-c5ccc6ccc(-c7ccc(-c8ccc9ccc%10cccnc%10c9n8)c8ccccc78)nc6c5)cc4n3)cccc2c1. The Morgan fingerprint density at radius 1 is 0.154 bits per heavy atom. The maximum Gasteiger partial charge on any atom is 0.0972 e. The van der Waals surface area contributed by atoms with Gasteiger partial charge in [0, 0.05) is 113 Å². The largest absolute Gasteiger partial charge is 0.256 e. The first-order valence-corrected chi connectivity index (χ1v) is 34.7. The van der Waals surface area contributed by atoms with Crippen molar-refractivity contribution < 1.29 is 0 Å². The summed E-state index contributed by atoms with van der Waals surface area (Å²) in [4.78, 5) is 49.0. The van der Waals surface area contributed by atoms with Crippen LogP contribution in [0.1, 0.15) is 0 Å². The summed E-state index contributed by atoms with van der Waals surface area (Å²) in [5.41, 5.74) is 25.9. The van der Waals surface area contributed by atoms with Crippen molar-refractivity contribution in [3.8, 4) is 89.7 Å². The fourth-order valence-corrected chi connectivity index (χ4v) is 14.9. The molecular weight excluding hydrogens is 1270 g/mol. The van der Waals surface area contributed by atoms with E-state index in [1.807, 2.05) is 61.3 Å². The number of pyridine rings is 10. The molecule has 21 rings (SSSR count). The van der Waals surface area contributed by atoms with Crippen LogP contribution in [-0.2, 0) is 0 Å². The molecule has 11 aromatic carbocycles. The van der Waals surface area contributed by atoms with Gasteiger partial charge in [-0.1, -0.05) is 218 Å². The molecule has 0 saturated heterocycles. The fourth-order valence-electron chi connectivity index (χ4n) is 14.9. The quantitative estimate of drug-likeness (QED) is 0.136. The number of hydrogen-bond acceptors (Lipinski definition) is 10. The summed E-state index contributed by atoms with van der Waals surface area (Å²) >= 11 is 0. The first kappa shape index (κ1) is 59.8. The van der Waals surface area contributed by atoms with Crippen molar-refractivity contribution in [2.24, 2.45) is 0 Å². The summed E-state index contributed by atoms with van der Waals surface area (Å²) in [6, 6.07) is 108. The smallest absolute Gasteiger partial charge is 0.0972 e. The predicted octanol–water partition coefficient (Wildman–Crippen LogP) is 23.3. The Bertz CT molecular complexity index is 7070. The molecule has 10 nitrogen and oxygen atoms in total. The number of hydrogen-bond donors (Lipinski definition) is 0. The van der Waals surface area contributed by atoms with E-state index in [4.69, 9.17) is 24.9 Å². The van der Waals surface area contributed by atoms with E-state index < -0.39 is 0 Å². The molecule has 0 bridgehead atoms. The third-order valence-electron chi connectivity index (χ3n) is 20.1. The lowest BCUT2D eigenvalue weighted by atomic mass is 9.95. The van der Waals surface area contributed by atoms with Crippen LogP contribution in [0.4, 0.5) is 0 Å². The fraction of sp³-hybridized carbons (Fsp3) is 0. The van der Waals surface area contributed by atoms with E-state index in [1.165, 1.54) is 0 Å². The Hall–Kier alpha value is -14.2. The van der Waals surface area contributed by atoms with Gasteiger partial charge in [0.15, 0.2) is 0 Å². The number of fused-ring (bicyclic) bond motifs is 13. The molecule has 482 valence electrons. The molecule has 0 fully saturated rings. The van der Waals surface area contributed by atoms with Crippen LogP contribution >= 0.6 is 0 Å². The van der Waals surface area contributed by atoms with E-state index >= 15 is 0 Å². The van der Waals surface area contributed by atoms with Crippen LogP contribution in [0.25, 0.3) is 209 Å². The lowest BCUT2D eigenvalue weighted by Crippen LogP contribution is -1.92. The maximum atomic E-state index is 5.26. The molecule has 0 aliphatic carbocycles. The molecule has 0 aliphatic heterocycles. The second-order valence-corrected chi connectivity index (χ2v) is 26.3. The van der Waals surface area contributed by atoms with E-state index in [-0.39, 0.29) is 0 Å². The predicted molar refractivity (Wildman–Crippen MR) is 427 cm³/mol. The van der Waals surface area contributed by atoms with Gasteiger partial charge in [0.2, 0.25) is 0 Å². The number of benzene rings is 11. The van der Waals surface area contributed by atoms with Gasteiger partial charge < -0.3 is 0 Å². The highest BCUT2D eigenvalue weighted by Gasteiger charge is 2.18. The first-order valence-electron chi connectivity index (χ1n) is 34.7. The van der Waals surface area contributed by atoms with E-state index in [1.54, 1.807) is 0 Å². The van der Waals surface area contributed by atoms with Crippen molar-refractivity contribution in [1.29, 1.82) is 0 Å². The lowest BCUT2D eigenvalue weighted by molar-refractivity contribution is 1.37. The van der Waals surface area contributed by atoms with E-state index in [2.05, 4.69) is 304 Å². The van der Waals surface area contributed by atoms with E-state index in [9.17, 15) is 0 Å². The topological polar surface area (TPSA) is 129 Å². The van der Waals surface area contributed by atoms with Gasteiger partial charge in [0.25, 0.3) is 0 Å². The van der Waals surface area contributed by atoms with Gasteiger partial charge in [-0.15, -0.1) is 0 Å². The third-order valence-corrected chi connectivity index (χ3v) is 20.1. The molecule has 10 heteroatoms.